The topological polar surface area (TPSA) is 49.4 Å². The van der Waals surface area contributed by atoms with Gasteiger partial charge in [-0.05, 0) is 56.5 Å². The number of halogens is 1. The Morgan fingerprint density at radius 2 is 1.71 bits per heavy atom. The molecule has 1 atom stereocenters. The highest BCUT2D eigenvalue weighted by molar-refractivity contribution is 8.00. The van der Waals surface area contributed by atoms with E-state index < -0.39 is 6.04 Å². The Morgan fingerprint density at radius 1 is 1.06 bits per heavy atom. The molecule has 2 aromatic rings. The summed E-state index contributed by atoms with van der Waals surface area (Å²) in [7, 11) is 0. The van der Waals surface area contributed by atoms with Crippen LogP contribution in [0.4, 0.5) is 0 Å². The number of carbonyl (C=O) groups excluding carboxylic acids is 2. The number of aryl methyl sites for hydroxylation is 1. The van der Waals surface area contributed by atoms with E-state index in [1.807, 2.05) is 62.4 Å². The zero-order chi connectivity index (χ0) is 22.2. The first-order chi connectivity index (χ1) is 14.9. The molecule has 0 aliphatic heterocycles. The Kier molecular flexibility index (Phi) is 8.85. The number of thioether (sulfide) groups is 1. The molecule has 1 unspecified atom stereocenters. The molecular weight excluding hydrogens is 428 g/mol. The molecule has 1 fully saturated rings. The average molecular weight is 459 g/mol. The number of amides is 2. The molecule has 0 saturated heterocycles. The van der Waals surface area contributed by atoms with Crippen molar-refractivity contribution >= 4 is 35.2 Å². The normalized spacial score (nSPS) is 15.3. The van der Waals surface area contributed by atoms with Crippen molar-refractivity contribution in [2.45, 2.75) is 69.5 Å². The van der Waals surface area contributed by atoms with E-state index in [0.29, 0.717) is 11.6 Å². The van der Waals surface area contributed by atoms with Crippen molar-refractivity contribution in [1.82, 2.24) is 10.2 Å². The summed E-state index contributed by atoms with van der Waals surface area (Å²) >= 11 is 7.51. The Bertz CT molecular complexity index is 864. The third kappa shape index (κ3) is 7.29. The smallest absolute Gasteiger partial charge is 0.242 e. The first-order valence-corrected chi connectivity index (χ1v) is 12.3. The van der Waals surface area contributed by atoms with Crippen molar-refractivity contribution in [3.8, 4) is 0 Å². The predicted octanol–water partition coefficient (Wildman–Crippen LogP) is 5.61. The third-order valence-electron chi connectivity index (χ3n) is 5.77. The van der Waals surface area contributed by atoms with Crippen molar-refractivity contribution in [3.05, 3.63) is 64.7 Å². The van der Waals surface area contributed by atoms with Gasteiger partial charge in [0.25, 0.3) is 0 Å². The van der Waals surface area contributed by atoms with Crippen LogP contribution in [0.1, 0.15) is 50.2 Å². The van der Waals surface area contributed by atoms with Crippen LogP contribution in [0.5, 0.6) is 0 Å². The molecule has 1 saturated carbocycles. The van der Waals surface area contributed by atoms with Crippen LogP contribution in [0.15, 0.2) is 53.4 Å². The second kappa shape index (κ2) is 11.6. The van der Waals surface area contributed by atoms with Gasteiger partial charge in [0.05, 0.1) is 5.75 Å². The fourth-order valence-electron chi connectivity index (χ4n) is 3.80. The van der Waals surface area contributed by atoms with E-state index in [2.05, 4.69) is 5.32 Å². The summed E-state index contributed by atoms with van der Waals surface area (Å²) < 4.78 is 0. The minimum absolute atomic E-state index is 0.0492. The Labute approximate surface area is 194 Å². The molecule has 0 aromatic heterocycles. The van der Waals surface area contributed by atoms with Crippen LogP contribution in [0.25, 0.3) is 0 Å². The molecule has 31 heavy (non-hydrogen) atoms. The summed E-state index contributed by atoms with van der Waals surface area (Å²) in [6, 6.07) is 15.2. The lowest BCUT2D eigenvalue weighted by atomic mass is 9.95. The van der Waals surface area contributed by atoms with Gasteiger partial charge in [0.2, 0.25) is 11.8 Å². The van der Waals surface area contributed by atoms with E-state index in [-0.39, 0.29) is 23.6 Å². The monoisotopic (exact) mass is 458 g/mol. The zero-order valence-corrected chi connectivity index (χ0v) is 19.8. The molecule has 1 aliphatic rings. The van der Waals surface area contributed by atoms with Gasteiger partial charge >= 0.3 is 0 Å². The van der Waals surface area contributed by atoms with Gasteiger partial charge < -0.3 is 10.2 Å². The van der Waals surface area contributed by atoms with Gasteiger partial charge in [0, 0.05) is 22.5 Å². The van der Waals surface area contributed by atoms with Crippen molar-refractivity contribution in [2.75, 3.05) is 5.75 Å². The molecule has 4 nitrogen and oxygen atoms in total. The average Bonchev–Trinajstić information content (AvgIpc) is 2.78. The van der Waals surface area contributed by atoms with E-state index in [9.17, 15) is 9.59 Å². The highest BCUT2D eigenvalue weighted by Crippen LogP contribution is 2.22. The number of rotatable bonds is 8. The van der Waals surface area contributed by atoms with Crippen LogP contribution < -0.4 is 5.32 Å². The molecule has 6 heteroatoms. The van der Waals surface area contributed by atoms with E-state index >= 15 is 0 Å². The Balaban J connectivity index is 1.69. The summed E-state index contributed by atoms with van der Waals surface area (Å²) in [6.45, 7) is 4.24. The highest BCUT2D eigenvalue weighted by Gasteiger charge is 2.28. The number of nitrogens with one attached hydrogen (secondary N) is 1. The molecular formula is C25H31ClN2O2S. The van der Waals surface area contributed by atoms with Crippen molar-refractivity contribution < 1.29 is 9.59 Å². The van der Waals surface area contributed by atoms with Gasteiger partial charge in [-0.25, -0.2) is 0 Å². The van der Waals surface area contributed by atoms with Gasteiger partial charge in [-0.1, -0.05) is 60.7 Å². The standard InChI is InChI=1S/C25H31ClN2O2S/c1-18-8-14-23(15-9-18)31-17-24(29)28(16-20-10-12-21(26)13-11-20)19(2)25(30)27-22-6-4-3-5-7-22/h8-15,19,22H,3-7,16-17H2,1-2H3,(H,27,30). The number of hydrogen-bond donors (Lipinski definition) is 1. The lowest BCUT2D eigenvalue weighted by molar-refractivity contribution is -0.139. The highest BCUT2D eigenvalue weighted by atomic mass is 35.5. The summed E-state index contributed by atoms with van der Waals surface area (Å²) in [5.74, 6) is 0.166. The minimum Gasteiger partial charge on any atom is -0.352 e. The molecule has 0 radical (unpaired) electrons. The van der Waals surface area contributed by atoms with Crippen LogP contribution in [0.2, 0.25) is 5.02 Å². The fraction of sp³-hybridized carbons (Fsp3) is 0.440. The molecule has 2 amide bonds. The maximum absolute atomic E-state index is 13.2. The van der Waals surface area contributed by atoms with Crippen LogP contribution in [-0.2, 0) is 16.1 Å². The van der Waals surface area contributed by atoms with Gasteiger partial charge in [-0.2, -0.15) is 0 Å². The molecule has 2 aromatic carbocycles. The van der Waals surface area contributed by atoms with Crippen molar-refractivity contribution in [3.63, 3.8) is 0 Å². The Hall–Kier alpha value is -1.98. The first-order valence-electron chi connectivity index (χ1n) is 11.0. The summed E-state index contributed by atoms with van der Waals surface area (Å²) in [6.07, 6.45) is 5.58. The third-order valence-corrected chi connectivity index (χ3v) is 7.02. The SMILES string of the molecule is Cc1ccc(SCC(=O)N(Cc2ccc(Cl)cc2)C(C)C(=O)NC2CCCCC2)cc1. The second-order valence-corrected chi connectivity index (χ2v) is 9.75. The quantitative estimate of drug-likeness (QED) is 0.523. The lowest BCUT2D eigenvalue weighted by Crippen LogP contribution is -2.50. The molecule has 3 rings (SSSR count). The van der Waals surface area contributed by atoms with E-state index in [4.69, 9.17) is 11.6 Å². The van der Waals surface area contributed by atoms with Crippen molar-refractivity contribution in [1.29, 1.82) is 0 Å². The minimum atomic E-state index is -0.538. The Morgan fingerprint density at radius 3 is 2.35 bits per heavy atom. The molecule has 0 spiro atoms. The zero-order valence-electron chi connectivity index (χ0n) is 18.3. The predicted molar refractivity (Wildman–Crippen MR) is 128 cm³/mol. The number of nitrogens with zero attached hydrogens (tertiary/aromatic N) is 1. The lowest BCUT2D eigenvalue weighted by Gasteiger charge is -2.31. The van der Waals surface area contributed by atoms with Gasteiger partial charge in [0.1, 0.15) is 6.04 Å². The largest absolute Gasteiger partial charge is 0.352 e. The molecule has 1 aliphatic carbocycles. The van der Waals surface area contributed by atoms with Crippen LogP contribution in [0.3, 0.4) is 0 Å². The maximum Gasteiger partial charge on any atom is 0.242 e. The van der Waals surface area contributed by atoms with Gasteiger partial charge in [-0.15, -0.1) is 11.8 Å². The van der Waals surface area contributed by atoms with E-state index in [1.54, 1.807) is 4.90 Å². The van der Waals surface area contributed by atoms with Gasteiger partial charge in [-0.3, -0.25) is 9.59 Å². The van der Waals surface area contributed by atoms with Crippen LogP contribution >= 0.6 is 23.4 Å². The molecule has 166 valence electrons. The maximum atomic E-state index is 13.2. The first kappa shape index (κ1) is 23.7. The summed E-state index contributed by atoms with van der Waals surface area (Å²) in [5, 5.41) is 3.82. The van der Waals surface area contributed by atoms with Crippen LogP contribution in [0, 0.1) is 6.92 Å². The van der Waals surface area contributed by atoms with Crippen molar-refractivity contribution in [2.24, 2.45) is 0 Å². The van der Waals surface area contributed by atoms with E-state index in [0.717, 1.165) is 36.1 Å². The summed E-state index contributed by atoms with van der Waals surface area (Å²) in [5.41, 5.74) is 2.14. The fourth-order valence-corrected chi connectivity index (χ4v) is 4.71. The number of hydrogen-bond acceptors (Lipinski definition) is 3. The van der Waals surface area contributed by atoms with Gasteiger partial charge in [0.15, 0.2) is 0 Å². The molecule has 0 heterocycles. The second-order valence-electron chi connectivity index (χ2n) is 8.27. The van der Waals surface area contributed by atoms with E-state index in [1.165, 1.54) is 23.7 Å². The van der Waals surface area contributed by atoms with Crippen LogP contribution in [-0.4, -0.2) is 34.6 Å². The molecule has 1 N–H and O–H groups in total. The number of carbonyl (C=O) groups is 2. The summed E-state index contributed by atoms with van der Waals surface area (Å²) in [4.78, 5) is 28.9. The molecule has 0 bridgehead atoms. The number of benzene rings is 2.